The number of carbonyl (C=O) groups is 1. The molecule has 0 spiro atoms. The Hall–Kier alpha value is -2.38. The van der Waals surface area contributed by atoms with E-state index in [0.29, 0.717) is 11.3 Å². The molecule has 15 heteroatoms. The molecule has 0 aliphatic carbocycles. The quantitative estimate of drug-likeness (QED) is 0.328. The molecule has 0 bridgehead atoms. The average molecular weight is 489 g/mol. The van der Waals surface area contributed by atoms with Gasteiger partial charge in [0, 0.05) is 14.1 Å². The van der Waals surface area contributed by atoms with Gasteiger partial charge in [0.2, 0.25) is 5.95 Å². The number of aromatic nitrogens is 4. The van der Waals surface area contributed by atoms with Gasteiger partial charge in [-0.15, -0.1) is 0 Å². The molecule has 1 saturated heterocycles. The predicted octanol–water partition coefficient (Wildman–Crippen LogP) is 0.409. The topological polar surface area (TPSA) is 167 Å². The number of alkyl halides is 1. The first-order valence-corrected chi connectivity index (χ1v) is 11.6. The molecule has 13 nitrogen and oxygen atoms in total. The number of carbonyl (C=O) groups excluding carboxylic acids is 1. The largest absolute Gasteiger partial charge is 0.465 e. The molecule has 0 amide bonds. The molecule has 0 saturated carbocycles. The molecule has 3 rings (SSSR count). The summed E-state index contributed by atoms with van der Waals surface area (Å²) in [6, 6.07) is -0.863. The summed E-state index contributed by atoms with van der Waals surface area (Å²) in [4.78, 5) is 25.9. The zero-order chi connectivity index (χ0) is 24.5. The first-order chi connectivity index (χ1) is 15.5. The van der Waals surface area contributed by atoms with E-state index >= 15 is 4.39 Å². The number of ether oxygens (including phenoxy) is 2. The van der Waals surface area contributed by atoms with E-state index < -0.39 is 44.3 Å². The summed E-state index contributed by atoms with van der Waals surface area (Å²) in [5.41, 5.74) is 4.15. The molecule has 1 aliphatic heterocycles. The van der Waals surface area contributed by atoms with Crippen molar-refractivity contribution in [3.05, 3.63) is 6.33 Å². The number of fused-ring (bicyclic) bond motifs is 1. The van der Waals surface area contributed by atoms with Crippen LogP contribution in [0.3, 0.4) is 0 Å². The summed E-state index contributed by atoms with van der Waals surface area (Å²) >= 11 is 0. The van der Waals surface area contributed by atoms with E-state index in [1.807, 2.05) is 0 Å². The third-order valence-corrected chi connectivity index (χ3v) is 6.26. The van der Waals surface area contributed by atoms with E-state index in [1.165, 1.54) is 24.7 Å². The van der Waals surface area contributed by atoms with Crippen LogP contribution in [-0.2, 0) is 23.4 Å². The molecule has 2 aromatic rings. The number of nitrogens with two attached hydrogens (primary N) is 1. The molecule has 33 heavy (non-hydrogen) atoms. The van der Waals surface area contributed by atoms with Crippen LogP contribution in [-0.4, -0.2) is 81.8 Å². The van der Waals surface area contributed by atoms with Gasteiger partial charge in [0.25, 0.3) is 8.18 Å². The molecule has 0 aromatic carbocycles. The monoisotopic (exact) mass is 489 g/mol. The van der Waals surface area contributed by atoms with Crippen LogP contribution in [0.1, 0.15) is 27.0 Å². The lowest BCUT2D eigenvalue weighted by atomic mass is 9.98. The Morgan fingerprint density at radius 2 is 2.21 bits per heavy atom. The van der Waals surface area contributed by atoms with Crippen LogP contribution in [0.4, 0.5) is 16.2 Å². The van der Waals surface area contributed by atoms with Crippen molar-refractivity contribution >= 4 is 37.1 Å². The van der Waals surface area contributed by atoms with E-state index in [1.54, 1.807) is 25.9 Å². The zero-order valence-electron chi connectivity index (χ0n) is 19.0. The summed E-state index contributed by atoms with van der Waals surface area (Å²) in [5.74, 6) is -0.179. The second-order valence-electron chi connectivity index (χ2n) is 7.96. The van der Waals surface area contributed by atoms with Crippen LogP contribution in [0.2, 0.25) is 0 Å². The van der Waals surface area contributed by atoms with Crippen LogP contribution in [0.5, 0.6) is 0 Å². The Morgan fingerprint density at radius 3 is 2.85 bits per heavy atom. The van der Waals surface area contributed by atoms with Crippen molar-refractivity contribution in [1.29, 1.82) is 0 Å². The number of nitrogens with one attached hydrogen (secondary N) is 1. The Kier molecular flexibility index (Phi) is 7.54. The van der Waals surface area contributed by atoms with E-state index in [0.717, 1.165) is 0 Å². The highest BCUT2D eigenvalue weighted by molar-refractivity contribution is 7.36. The van der Waals surface area contributed by atoms with Gasteiger partial charge in [-0.05, 0) is 20.8 Å². The van der Waals surface area contributed by atoms with Gasteiger partial charge in [0.05, 0.1) is 19.5 Å². The zero-order valence-corrected chi connectivity index (χ0v) is 20.0. The smallest absolute Gasteiger partial charge is 0.323 e. The number of rotatable bonds is 9. The Labute approximate surface area is 190 Å². The number of halogens is 1. The maximum atomic E-state index is 15.6. The number of imidazole rings is 1. The number of hydrogen-bond acceptors (Lipinski definition) is 11. The third kappa shape index (κ3) is 5.09. The van der Waals surface area contributed by atoms with Crippen molar-refractivity contribution in [2.75, 3.05) is 37.9 Å². The van der Waals surface area contributed by atoms with Gasteiger partial charge in [-0.1, -0.05) is 0 Å². The molecule has 6 atom stereocenters. The third-order valence-electron chi connectivity index (χ3n) is 5.17. The maximum absolute atomic E-state index is 15.6. The fourth-order valence-electron chi connectivity index (χ4n) is 3.45. The van der Waals surface area contributed by atoms with Gasteiger partial charge in [-0.25, -0.2) is 14.5 Å². The molecule has 1 aliphatic rings. The van der Waals surface area contributed by atoms with Crippen molar-refractivity contribution in [3.8, 4) is 0 Å². The number of nitrogens with zero attached hydrogens (tertiary/aromatic N) is 5. The van der Waals surface area contributed by atoms with Crippen LogP contribution in [0.25, 0.3) is 11.2 Å². The van der Waals surface area contributed by atoms with Crippen molar-refractivity contribution < 1.29 is 32.9 Å². The van der Waals surface area contributed by atoms with Crippen molar-refractivity contribution in [1.82, 2.24) is 24.6 Å². The number of esters is 1. The minimum absolute atomic E-state index is 0.0349. The second-order valence-corrected chi connectivity index (χ2v) is 9.12. The van der Waals surface area contributed by atoms with Gasteiger partial charge < -0.3 is 29.7 Å². The van der Waals surface area contributed by atoms with Crippen LogP contribution >= 0.6 is 8.18 Å². The maximum Gasteiger partial charge on any atom is 0.323 e. The summed E-state index contributed by atoms with van der Waals surface area (Å²) in [7, 11) is 0.603. The highest BCUT2D eigenvalue weighted by Gasteiger charge is 2.55. The van der Waals surface area contributed by atoms with E-state index in [9.17, 15) is 14.5 Å². The number of anilines is 2. The average Bonchev–Trinajstić information content (AvgIpc) is 3.24. The molecule has 184 valence electrons. The van der Waals surface area contributed by atoms with Crippen molar-refractivity contribution in [3.63, 3.8) is 0 Å². The molecule has 4 N–H and O–H groups in total. The van der Waals surface area contributed by atoms with Crippen LogP contribution < -0.4 is 15.7 Å². The SMILES string of the molecule is CCOC(=O)[C@@H](C)N[PH](=O)OC[C@H]1O[C@@H](n2cnc3c(N(C)C)nc(N)nc32)[C@](C)(F)[C@@H]1O. The van der Waals surface area contributed by atoms with Gasteiger partial charge in [-0.2, -0.15) is 9.97 Å². The predicted molar refractivity (Wildman–Crippen MR) is 118 cm³/mol. The fourth-order valence-corrected chi connectivity index (χ4v) is 4.32. The molecule has 1 fully saturated rings. The van der Waals surface area contributed by atoms with Gasteiger partial charge in [0.1, 0.15) is 18.2 Å². The normalized spacial score (nSPS) is 26.9. The summed E-state index contributed by atoms with van der Waals surface area (Å²) in [6.07, 6.45) is -2.74. The van der Waals surface area contributed by atoms with Crippen molar-refractivity contribution in [2.24, 2.45) is 0 Å². The van der Waals surface area contributed by atoms with Gasteiger partial charge in [-0.3, -0.25) is 13.9 Å². The number of hydrogen-bond donors (Lipinski definition) is 3. The van der Waals surface area contributed by atoms with Crippen molar-refractivity contribution in [2.45, 2.75) is 50.9 Å². The molecule has 0 radical (unpaired) electrons. The number of aliphatic hydroxyl groups is 1. The van der Waals surface area contributed by atoms with Gasteiger partial charge in [0.15, 0.2) is 28.9 Å². The lowest BCUT2D eigenvalue weighted by molar-refractivity contribution is -0.144. The Balaban J connectivity index is 1.75. The van der Waals surface area contributed by atoms with E-state index in [2.05, 4.69) is 20.0 Å². The first-order valence-electron chi connectivity index (χ1n) is 10.3. The Morgan fingerprint density at radius 1 is 1.52 bits per heavy atom. The van der Waals surface area contributed by atoms with E-state index in [-0.39, 0.29) is 24.8 Å². The highest BCUT2D eigenvalue weighted by Crippen LogP contribution is 2.43. The Bertz CT molecular complexity index is 1040. The number of aliphatic hydroxyl groups excluding tert-OH is 1. The summed E-state index contributed by atoms with van der Waals surface area (Å²) in [5, 5.41) is 13.0. The van der Waals surface area contributed by atoms with Gasteiger partial charge >= 0.3 is 5.97 Å². The van der Waals surface area contributed by atoms with E-state index in [4.69, 9.17) is 19.7 Å². The number of nitrogen functional groups attached to an aromatic ring is 1. The molecule has 1 unspecified atom stereocenters. The minimum Gasteiger partial charge on any atom is -0.465 e. The summed E-state index contributed by atoms with van der Waals surface area (Å²) < 4.78 is 44.9. The first kappa shape index (κ1) is 25.2. The molecular weight excluding hydrogens is 460 g/mol. The second kappa shape index (κ2) is 9.85. The summed E-state index contributed by atoms with van der Waals surface area (Å²) in [6.45, 7) is 4.10. The lowest BCUT2D eigenvalue weighted by Crippen LogP contribution is -2.40. The fraction of sp³-hybridized carbons (Fsp3) is 0.667. The standard InChI is InChI=1S/C18H29FN7O6P/c1-6-30-15(28)9(2)24-33(29)31-7-10-12(27)18(3,19)16(32-10)26-8-21-11-13(25(4)5)22-17(20)23-14(11)26/h8-10,12,16,27,33H,6-7H2,1-5H3,(H,24,29)(H2,20,22,23)/t9-,10-,12-,16-,18-/m1/s1. The van der Waals surface area contributed by atoms with Crippen LogP contribution in [0, 0.1) is 0 Å². The molecule has 2 aromatic heterocycles. The highest BCUT2D eigenvalue weighted by atomic mass is 31.1. The molecule has 3 heterocycles. The molecular formula is C18H29FN7O6P. The van der Waals surface area contributed by atoms with Crippen LogP contribution in [0.15, 0.2) is 6.33 Å². The lowest BCUT2D eigenvalue weighted by Gasteiger charge is -2.24. The minimum atomic E-state index is -2.90.